The molecule has 154 valence electrons. The summed E-state index contributed by atoms with van der Waals surface area (Å²) in [5.41, 5.74) is 1.20. The molecule has 2 saturated carbocycles. The molecule has 0 unspecified atom stereocenters. The Kier molecular flexibility index (Phi) is 8.38. The average molecular weight is 384 g/mol. The van der Waals surface area contributed by atoms with Crippen molar-refractivity contribution in [3.05, 3.63) is 35.1 Å². The van der Waals surface area contributed by atoms with Gasteiger partial charge >= 0.3 is 0 Å². The standard InChI is InChI=1S/C26H38FN/c1-2-3-4-5-20-8-13-23(14-9-20)24-15-10-21(11-16-24)6-7-22-12-17-25(19-28)26(27)18-22/h12,17-18,20-21,23-24H,2-11,13-16H2,1H3/t20-,21?,23-,24?. The lowest BCUT2D eigenvalue weighted by atomic mass is 9.68. The quantitative estimate of drug-likeness (QED) is 0.420. The van der Waals surface area contributed by atoms with Gasteiger partial charge in [-0.05, 0) is 79.9 Å². The molecular weight excluding hydrogens is 345 g/mol. The highest BCUT2D eigenvalue weighted by atomic mass is 19.1. The molecule has 0 amide bonds. The SMILES string of the molecule is CCCCC[C@H]1CC[C@H](C2CCC(CCc3ccc(C#N)c(F)c3)CC2)CC1. The third-order valence-electron chi connectivity index (χ3n) is 7.66. The van der Waals surface area contributed by atoms with Crippen LogP contribution in [-0.2, 0) is 6.42 Å². The lowest BCUT2D eigenvalue weighted by Gasteiger charge is -2.38. The lowest BCUT2D eigenvalue weighted by molar-refractivity contribution is 0.140. The van der Waals surface area contributed by atoms with E-state index in [1.54, 1.807) is 12.1 Å². The van der Waals surface area contributed by atoms with Crippen molar-refractivity contribution in [2.75, 3.05) is 0 Å². The van der Waals surface area contributed by atoms with Gasteiger partial charge in [-0.2, -0.15) is 5.26 Å². The second-order valence-corrected chi connectivity index (χ2v) is 9.52. The lowest BCUT2D eigenvalue weighted by Crippen LogP contribution is -2.26. The maximum atomic E-state index is 13.8. The van der Waals surface area contributed by atoms with Crippen LogP contribution in [-0.4, -0.2) is 0 Å². The van der Waals surface area contributed by atoms with E-state index in [1.165, 1.54) is 83.5 Å². The number of hydrogen-bond acceptors (Lipinski definition) is 1. The molecule has 0 spiro atoms. The van der Waals surface area contributed by atoms with Crippen LogP contribution in [0, 0.1) is 40.8 Å². The summed E-state index contributed by atoms with van der Waals surface area (Å²) in [6.07, 6.45) is 19.3. The zero-order valence-electron chi connectivity index (χ0n) is 17.8. The number of hydrogen-bond donors (Lipinski definition) is 0. The van der Waals surface area contributed by atoms with E-state index in [2.05, 4.69) is 6.92 Å². The summed E-state index contributed by atoms with van der Waals surface area (Å²) in [4.78, 5) is 0. The van der Waals surface area contributed by atoms with Gasteiger partial charge in [-0.3, -0.25) is 0 Å². The monoisotopic (exact) mass is 383 g/mol. The van der Waals surface area contributed by atoms with Crippen molar-refractivity contribution in [1.29, 1.82) is 5.26 Å². The maximum Gasteiger partial charge on any atom is 0.141 e. The number of benzene rings is 1. The average Bonchev–Trinajstić information content (AvgIpc) is 2.73. The van der Waals surface area contributed by atoms with E-state index in [0.29, 0.717) is 0 Å². The zero-order valence-corrected chi connectivity index (χ0v) is 17.8. The van der Waals surface area contributed by atoms with Crippen LogP contribution in [0.4, 0.5) is 4.39 Å². The van der Waals surface area contributed by atoms with E-state index in [1.807, 2.05) is 12.1 Å². The summed E-state index contributed by atoms with van der Waals surface area (Å²) in [5, 5.41) is 8.85. The summed E-state index contributed by atoms with van der Waals surface area (Å²) in [6.45, 7) is 2.30. The molecule has 2 aliphatic carbocycles. The van der Waals surface area contributed by atoms with Gasteiger partial charge in [-0.25, -0.2) is 4.39 Å². The summed E-state index contributed by atoms with van der Waals surface area (Å²) in [7, 11) is 0. The molecule has 0 heterocycles. The first-order valence-electron chi connectivity index (χ1n) is 11.9. The minimum Gasteiger partial charge on any atom is -0.206 e. The molecule has 0 bridgehead atoms. The van der Waals surface area contributed by atoms with Crippen LogP contribution in [0.1, 0.15) is 102 Å². The van der Waals surface area contributed by atoms with E-state index < -0.39 is 0 Å². The Labute approximate surface area is 171 Å². The fourth-order valence-corrected chi connectivity index (χ4v) is 5.76. The first-order valence-corrected chi connectivity index (χ1v) is 11.9. The van der Waals surface area contributed by atoms with E-state index in [9.17, 15) is 4.39 Å². The molecule has 2 heteroatoms. The molecule has 2 fully saturated rings. The number of halogens is 1. The van der Waals surface area contributed by atoms with Gasteiger partial charge in [0.05, 0.1) is 5.56 Å². The van der Waals surface area contributed by atoms with E-state index >= 15 is 0 Å². The predicted molar refractivity (Wildman–Crippen MR) is 114 cm³/mol. The van der Waals surface area contributed by atoms with Crippen LogP contribution in [0.3, 0.4) is 0 Å². The molecule has 1 aromatic rings. The normalized spacial score (nSPS) is 28.0. The molecule has 28 heavy (non-hydrogen) atoms. The molecule has 0 atom stereocenters. The molecular formula is C26H38FN. The minimum absolute atomic E-state index is 0.157. The van der Waals surface area contributed by atoms with Crippen LogP contribution >= 0.6 is 0 Å². The Morgan fingerprint density at radius 1 is 0.893 bits per heavy atom. The van der Waals surface area contributed by atoms with Gasteiger partial charge in [0.1, 0.15) is 11.9 Å². The highest BCUT2D eigenvalue weighted by molar-refractivity contribution is 5.33. The second-order valence-electron chi connectivity index (χ2n) is 9.52. The molecule has 0 aromatic heterocycles. The summed E-state index contributed by atoms with van der Waals surface area (Å²) in [6, 6.07) is 7.01. The maximum absolute atomic E-state index is 13.8. The van der Waals surface area contributed by atoms with Crippen molar-refractivity contribution >= 4 is 0 Å². The Hall–Kier alpha value is -1.36. The van der Waals surface area contributed by atoms with E-state index in [0.717, 1.165) is 35.7 Å². The van der Waals surface area contributed by atoms with Crippen LogP contribution in [0.5, 0.6) is 0 Å². The summed E-state index contributed by atoms with van der Waals surface area (Å²) in [5.74, 6) is 3.43. The van der Waals surface area contributed by atoms with Crippen molar-refractivity contribution < 1.29 is 4.39 Å². The number of aryl methyl sites for hydroxylation is 1. The van der Waals surface area contributed by atoms with Crippen LogP contribution < -0.4 is 0 Å². The van der Waals surface area contributed by atoms with Gasteiger partial charge in [0.2, 0.25) is 0 Å². The number of unbranched alkanes of at least 4 members (excludes halogenated alkanes) is 2. The van der Waals surface area contributed by atoms with Gasteiger partial charge in [0.25, 0.3) is 0 Å². The molecule has 0 N–H and O–H groups in total. The number of nitrogens with zero attached hydrogens (tertiary/aromatic N) is 1. The molecule has 0 radical (unpaired) electrons. The van der Waals surface area contributed by atoms with E-state index in [4.69, 9.17) is 5.26 Å². The molecule has 0 saturated heterocycles. The van der Waals surface area contributed by atoms with Crippen LogP contribution in [0.25, 0.3) is 0 Å². The van der Waals surface area contributed by atoms with Gasteiger partial charge in [-0.1, -0.05) is 64.4 Å². The Bertz CT molecular complexity index is 630. The summed E-state index contributed by atoms with van der Waals surface area (Å²) >= 11 is 0. The fraction of sp³-hybridized carbons (Fsp3) is 0.731. The highest BCUT2D eigenvalue weighted by Gasteiger charge is 2.30. The molecule has 1 aromatic carbocycles. The first kappa shape index (κ1) is 21.4. The van der Waals surface area contributed by atoms with Crippen molar-refractivity contribution in [3.8, 4) is 6.07 Å². The van der Waals surface area contributed by atoms with Crippen molar-refractivity contribution in [2.24, 2.45) is 23.7 Å². The molecule has 2 aliphatic rings. The Morgan fingerprint density at radius 2 is 1.50 bits per heavy atom. The third-order valence-corrected chi connectivity index (χ3v) is 7.66. The first-order chi connectivity index (χ1) is 13.7. The van der Waals surface area contributed by atoms with Gasteiger partial charge in [0.15, 0.2) is 0 Å². The molecule has 1 nitrogen and oxygen atoms in total. The highest BCUT2D eigenvalue weighted by Crippen LogP contribution is 2.43. The van der Waals surface area contributed by atoms with Gasteiger partial charge in [-0.15, -0.1) is 0 Å². The molecule has 3 rings (SSSR count). The Balaban J connectivity index is 1.35. The van der Waals surface area contributed by atoms with Gasteiger partial charge < -0.3 is 0 Å². The zero-order chi connectivity index (χ0) is 19.8. The molecule has 0 aliphatic heterocycles. The largest absolute Gasteiger partial charge is 0.206 e. The van der Waals surface area contributed by atoms with Crippen LogP contribution in [0.2, 0.25) is 0 Å². The van der Waals surface area contributed by atoms with Crippen molar-refractivity contribution in [1.82, 2.24) is 0 Å². The van der Waals surface area contributed by atoms with Crippen molar-refractivity contribution in [2.45, 2.75) is 96.8 Å². The summed E-state index contributed by atoms with van der Waals surface area (Å²) < 4.78 is 13.8. The number of nitriles is 1. The van der Waals surface area contributed by atoms with Crippen LogP contribution in [0.15, 0.2) is 18.2 Å². The van der Waals surface area contributed by atoms with Gasteiger partial charge in [0, 0.05) is 0 Å². The topological polar surface area (TPSA) is 23.8 Å². The fourth-order valence-electron chi connectivity index (χ4n) is 5.76. The second kappa shape index (κ2) is 11.0. The minimum atomic E-state index is -0.367. The third kappa shape index (κ3) is 6.07. The smallest absolute Gasteiger partial charge is 0.141 e. The predicted octanol–water partition coefficient (Wildman–Crippen LogP) is 7.82. The van der Waals surface area contributed by atoms with E-state index in [-0.39, 0.29) is 11.4 Å². The van der Waals surface area contributed by atoms with Crippen molar-refractivity contribution in [3.63, 3.8) is 0 Å². The Morgan fingerprint density at radius 3 is 2.04 bits per heavy atom. The number of rotatable bonds is 8.